The van der Waals surface area contributed by atoms with Gasteiger partial charge < -0.3 is 10.5 Å². The van der Waals surface area contributed by atoms with Crippen LogP contribution in [0.5, 0.6) is 5.75 Å². The number of nitrogens with two attached hydrogens (primary N) is 1. The van der Waals surface area contributed by atoms with Gasteiger partial charge >= 0.3 is 0 Å². The third kappa shape index (κ3) is 3.42. The van der Waals surface area contributed by atoms with Crippen molar-refractivity contribution in [1.29, 1.82) is 0 Å². The van der Waals surface area contributed by atoms with Crippen molar-refractivity contribution < 1.29 is 4.74 Å². The molecule has 0 aliphatic heterocycles. The van der Waals surface area contributed by atoms with Crippen molar-refractivity contribution in [3.05, 3.63) is 50.1 Å². The highest BCUT2D eigenvalue weighted by molar-refractivity contribution is 7.20. The van der Waals surface area contributed by atoms with Crippen molar-refractivity contribution in [2.24, 2.45) is 5.73 Å². The van der Waals surface area contributed by atoms with E-state index in [9.17, 15) is 0 Å². The zero-order valence-corrected chi connectivity index (χ0v) is 13.0. The molecule has 102 valence electrons. The first-order valence-corrected chi connectivity index (χ1v) is 7.52. The SMILES string of the molecule is CC(C)Oc1ccccc1C(N)c1cc(Cl)sc1Cl. The van der Waals surface area contributed by atoms with E-state index in [0.717, 1.165) is 16.9 Å². The first-order chi connectivity index (χ1) is 8.99. The number of hydrogen-bond acceptors (Lipinski definition) is 3. The summed E-state index contributed by atoms with van der Waals surface area (Å²) in [4.78, 5) is 0. The monoisotopic (exact) mass is 315 g/mol. The van der Waals surface area contributed by atoms with Crippen LogP contribution in [0, 0.1) is 0 Å². The molecule has 1 heterocycles. The van der Waals surface area contributed by atoms with E-state index in [1.807, 2.05) is 44.2 Å². The molecule has 0 spiro atoms. The van der Waals surface area contributed by atoms with E-state index in [0.29, 0.717) is 8.67 Å². The van der Waals surface area contributed by atoms with Gasteiger partial charge in [-0.05, 0) is 26.0 Å². The minimum absolute atomic E-state index is 0.0925. The number of rotatable bonds is 4. The van der Waals surface area contributed by atoms with E-state index in [-0.39, 0.29) is 12.1 Å². The van der Waals surface area contributed by atoms with Crippen LogP contribution >= 0.6 is 34.5 Å². The molecule has 2 rings (SSSR count). The normalized spacial score (nSPS) is 12.7. The van der Waals surface area contributed by atoms with Crippen LogP contribution < -0.4 is 10.5 Å². The number of ether oxygens (including phenoxy) is 1. The van der Waals surface area contributed by atoms with Gasteiger partial charge in [-0.2, -0.15) is 0 Å². The van der Waals surface area contributed by atoms with Gasteiger partial charge in [-0.15, -0.1) is 11.3 Å². The lowest BCUT2D eigenvalue weighted by atomic mass is 10.0. The summed E-state index contributed by atoms with van der Waals surface area (Å²) in [6.07, 6.45) is 0.0925. The molecule has 2 aromatic rings. The highest BCUT2D eigenvalue weighted by atomic mass is 35.5. The van der Waals surface area contributed by atoms with E-state index in [2.05, 4.69) is 0 Å². The highest BCUT2D eigenvalue weighted by Gasteiger charge is 2.19. The molecule has 0 bridgehead atoms. The van der Waals surface area contributed by atoms with E-state index in [1.165, 1.54) is 11.3 Å². The Kier molecular flexibility index (Phi) is 4.74. The topological polar surface area (TPSA) is 35.2 Å². The van der Waals surface area contributed by atoms with Gasteiger partial charge in [0.25, 0.3) is 0 Å². The van der Waals surface area contributed by atoms with E-state index < -0.39 is 0 Å². The second kappa shape index (κ2) is 6.14. The van der Waals surface area contributed by atoms with Crippen molar-refractivity contribution in [1.82, 2.24) is 0 Å². The molecule has 0 saturated heterocycles. The molecule has 1 unspecified atom stereocenters. The van der Waals surface area contributed by atoms with Gasteiger partial charge in [0, 0.05) is 11.1 Å². The summed E-state index contributed by atoms with van der Waals surface area (Å²) in [5.41, 5.74) is 8.03. The van der Waals surface area contributed by atoms with Gasteiger partial charge in [0.15, 0.2) is 0 Å². The average molecular weight is 316 g/mol. The smallest absolute Gasteiger partial charge is 0.124 e. The molecule has 0 amide bonds. The van der Waals surface area contributed by atoms with Gasteiger partial charge in [-0.1, -0.05) is 41.4 Å². The van der Waals surface area contributed by atoms with Gasteiger partial charge in [0.05, 0.1) is 20.8 Å². The van der Waals surface area contributed by atoms with E-state index in [4.69, 9.17) is 33.7 Å². The lowest BCUT2D eigenvalue weighted by molar-refractivity contribution is 0.239. The third-order valence-electron chi connectivity index (χ3n) is 2.63. The van der Waals surface area contributed by atoms with Crippen molar-refractivity contribution in [3.8, 4) is 5.75 Å². The van der Waals surface area contributed by atoms with Crippen LogP contribution in [0.3, 0.4) is 0 Å². The van der Waals surface area contributed by atoms with Crippen LogP contribution in [-0.2, 0) is 0 Å². The lowest BCUT2D eigenvalue weighted by Gasteiger charge is -2.18. The Morgan fingerprint density at radius 2 is 1.84 bits per heavy atom. The number of para-hydroxylation sites is 1. The molecule has 19 heavy (non-hydrogen) atoms. The van der Waals surface area contributed by atoms with Crippen LogP contribution in [0.25, 0.3) is 0 Å². The van der Waals surface area contributed by atoms with Crippen molar-refractivity contribution in [3.63, 3.8) is 0 Å². The van der Waals surface area contributed by atoms with Gasteiger partial charge in [0.1, 0.15) is 5.75 Å². The van der Waals surface area contributed by atoms with Crippen LogP contribution in [-0.4, -0.2) is 6.10 Å². The highest BCUT2D eigenvalue weighted by Crippen LogP contribution is 2.38. The Hall–Kier alpha value is -0.740. The fourth-order valence-corrected chi connectivity index (χ4v) is 3.38. The molecular weight excluding hydrogens is 301 g/mol. The largest absolute Gasteiger partial charge is 0.491 e. The Morgan fingerprint density at radius 1 is 1.16 bits per heavy atom. The summed E-state index contributed by atoms with van der Waals surface area (Å²) in [6.45, 7) is 3.97. The predicted molar refractivity (Wildman–Crippen MR) is 82.6 cm³/mol. The second-order valence-electron chi connectivity index (χ2n) is 4.46. The van der Waals surface area contributed by atoms with E-state index >= 15 is 0 Å². The number of benzene rings is 1. The summed E-state index contributed by atoms with van der Waals surface area (Å²) >= 11 is 13.5. The number of thiophene rings is 1. The molecule has 0 aliphatic carbocycles. The number of halogens is 2. The minimum atomic E-state index is -0.341. The molecule has 0 saturated carbocycles. The quantitative estimate of drug-likeness (QED) is 0.871. The molecule has 0 radical (unpaired) electrons. The van der Waals surface area contributed by atoms with Crippen molar-refractivity contribution >= 4 is 34.5 Å². The molecule has 0 fully saturated rings. The summed E-state index contributed by atoms with van der Waals surface area (Å²) in [5, 5.41) is 0. The summed E-state index contributed by atoms with van der Waals surface area (Å²) in [7, 11) is 0. The van der Waals surface area contributed by atoms with Crippen LogP contribution in [0.2, 0.25) is 8.67 Å². The Morgan fingerprint density at radius 3 is 2.42 bits per heavy atom. The molecular formula is C14H15Cl2NOS. The maximum absolute atomic E-state index is 6.29. The Bertz CT molecular complexity index is 568. The van der Waals surface area contributed by atoms with E-state index in [1.54, 1.807) is 0 Å². The van der Waals surface area contributed by atoms with Crippen LogP contribution in [0.1, 0.15) is 31.0 Å². The first kappa shape index (κ1) is 14.7. The fraction of sp³-hybridized carbons (Fsp3) is 0.286. The molecule has 0 aliphatic rings. The fourth-order valence-electron chi connectivity index (χ4n) is 1.83. The molecule has 1 aromatic heterocycles. The van der Waals surface area contributed by atoms with Crippen LogP contribution in [0.4, 0.5) is 0 Å². The first-order valence-electron chi connectivity index (χ1n) is 5.95. The third-order valence-corrected chi connectivity index (χ3v) is 4.15. The molecule has 2 N–H and O–H groups in total. The average Bonchev–Trinajstić information content (AvgIpc) is 2.67. The van der Waals surface area contributed by atoms with Gasteiger partial charge in [0.2, 0.25) is 0 Å². The number of hydrogen-bond donors (Lipinski definition) is 1. The maximum Gasteiger partial charge on any atom is 0.124 e. The lowest BCUT2D eigenvalue weighted by Crippen LogP contribution is -2.15. The standard InChI is InChI=1S/C14H15Cl2NOS/c1-8(2)18-11-6-4-3-5-9(11)13(17)10-7-12(15)19-14(10)16/h3-8,13H,17H2,1-2H3. The van der Waals surface area contributed by atoms with Gasteiger partial charge in [-0.25, -0.2) is 0 Å². The summed E-state index contributed by atoms with van der Waals surface area (Å²) in [5.74, 6) is 0.781. The van der Waals surface area contributed by atoms with Gasteiger partial charge in [-0.3, -0.25) is 0 Å². The maximum atomic E-state index is 6.29. The molecule has 5 heteroatoms. The van der Waals surface area contributed by atoms with Crippen LogP contribution in [0.15, 0.2) is 30.3 Å². The molecule has 2 nitrogen and oxygen atoms in total. The van der Waals surface area contributed by atoms with Crippen molar-refractivity contribution in [2.75, 3.05) is 0 Å². The summed E-state index contributed by atoms with van der Waals surface area (Å²) in [6, 6.07) is 9.19. The zero-order chi connectivity index (χ0) is 14.0. The molecule has 1 atom stereocenters. The Balaban J connectivity index is 2.38. The van der Waals surface area contributed by atoms with Crippen molar-refractivity contribution in [2.45, 2.75) is 26.0 Å². The minimum Gasteiger partial charge on any atom is -0.491 e. The molecule has 1 aromatic carbocycles. The predicted octanol–water partition coefficient (Wildman–Crippen LogP) is 4.89. The second-order valence-corrected chi connectivity index (χ2v) is 6.75. The Labute approximate surface area is 127 Å². The zero-order valence-electron chi connectivity index (χ0n) is 10.7. The summed E-state index contributed by atoms with van der Waals surface area (Å²) < 4.78 is 7.04.